The van der Waals surface area contributed by atoms with Gasteiger partial charge < -0.3 is 4.74 Å². The number of fused-ring (bicyclic) bond motifs is 1. The lowest BCUT2D eigenvalue weighted by Gasteiger charge is -2.24. The van der Waals surface area contributed by atoms with Crippen molar-refractivity contribution in [3.63, 3.8) is 0 Å². The highest BCUT2D eigenvalue weighted by atomic mass is 35.5. The fraction of sp³-hybridized carbons (Fsp3) is 0.0588. The number of halogens is 2. The summed E-state index contributed by atoms with van der Waals surface area (Å²) in [5, 5.41) is 1.52. The summed E-state index contributed by atoms with van der Waals surface area (Å²) in [7, 11) is -1.31. The Morgan fingerprint density at radius 1 is 1.12 bits per heavy atom. The van der Waals surface area contributed by atoms with Crippen LogP contribution in [0.5, 0.6) is 5.75 Å². The van der Waals surface area contributed by atoms with E-state index in [2.05, 4.69) is 0 Å². The third-order valence-corrected chi connectivity index (χ3v) is 5.09. The molecule has 2 aromatic rings. The number of rotatable bonds is 2. The van der Waals surface area contributed by atoms with E-state index in [0.29, 0.717) is 10.6 Å². The Balaban J connectivity index is 2.01. The fourth-order valence-electron chi connectivity index (χ4n) is 2.34. The normalized spacial score (nSPS) is 15.6. The zero-order valence-electron chi connectivity index (χ0n) is 12.9. The minimum Gasteiger partial charge on any atom is -0.424 e. The SMILES string of the molecule is CC(=O)Oc1c(Cl)cc(C(=O)N2C=CS(=O)c3ccccc32)cc1Cl. The molecule has 25 heavy (non-hydrogen) atoms. The molecular formula is C17H11Cl2NO4S. The molecule has 8 heteroatoms. The van der Waals surface area contributed by atoms with Crippen molar-refractivity contribution in [3.05, 3.63) is 63.6 Å². The molecule has 1 aliphatic heterocycles. The molecule has 1 unspecified atom stereocenters. The maximum absolute atomic E-state index is 12.9. The number of carbonyl (C=O) groups is 2. The molecule has 0 aliphatic carbocycles. The molecule has 128 valence electrons. The van der Waals surface area contributed by atoms with Gasteiger partial charge in [-0.3, -0.25) is 14.5 Å². The number of nitrogens with zero attached hydrogens (tertiary/aromatic N) is 1. The lowest BCUT2D eigenvalue weighted by Crippen LogP contribution is -2.28. The Kier molecular flexibility index (Phi) is 4.94. The van der Waals surface area contributed by atoms with Gasteiger partial charge in [0.1, 0.15) is 0 Å². The Bertz CT molecular complexity index is 919. The van der Waals surface area contributed by atoms with Crippen LogP contribution in [0.2, 0.25) is 10.0 Å². The van der Waals surface area contributed by atoms with E-state index in [1.54, 1.807) is 24.3 Å². The minimum atomic E-state index is -1.31. The van der Waals surface area contributed by atoms with Crippen molar-refractivity contribution in [2.45, 2.75) is 11.8 Å². The van der Waals surface area contributed by atoms with Crippen LogP contribution in [0.1, 0.15) is 17.3 Å². The molecule has 0 N–H and O–H groups in total. The molecule has 1 atom stereocenters. The van der Waals surface area contributed by atoms with Gasteiger partial charge in [0.05, 0.1) is 31.4 Å². The van der Waals surface area contributed by atoms with Gasteiger partial charge in [-0.2, -0.15) is 0 Å². The van der Waals surface area contributed by atoms with Gasteiger partial charge >= 0.3 is 5.97 Å². The monoisotopic (exact) mass is 395 g/mol. The van der Waals surface area contributed by atoms with Gasteiger partial charge in [0, 0.05) is 24.1 Å². The number of ether oxygens (including phenoxy) is 1. The van der Waals surface area contributed by atoms with Gasteiger partial charge in [-0.25, -0.2) is 4.21 Å². The summed E-state index contributed by atoms with van der Waals surface area (Å²) in [4.78, 5) is 25.9. The van der Waals surface area contributed by atoms with Gasteiger partial charge in [0.2, 0.25) is 0 Å². The van der Waals surface area contributed by atoms with Crippen LogP contribution in [0, 0.1) is 0 Å². The molecule has 1 aliphatic rings. The van der Waals surface area contributed by atoms with Crippen molar-refractivity contribution in [1.29, 1.82) is 0 Å². The highest BCUT2D eigenvalue weighted by molar-refractivity contribution is 7.88. The summed E-state index contributed by atoms with van der Waals surface area (Å²) in [5.41, 5.74) is 0.725. The van der Waals surface area contributed by atoms with Crippen molar-refractivity contribution >= 4 is 51.6 Å². The van der Waals surface area contributed by atoms with E-state index in [1.165, 1.54) is 35.6 Å². The summed E-state index contributed by atoms with van der Waals surface area (Å²) < 4.78 is 17.0. The number of para-hydroxylation sites is 1. The van der Waals surface area contributed by atoms with Crippen molar-refractivity contribution < 1.29 is 18.5 Å². The second-order valence-electron chi connectivity index (χ2n) is 5.09. The lowest BCUT2D eigenvalue weighted by atomic mass is 10.1. The van der Waals surface area contributed by atoms with Gasteiger partial charge in [-0.15, -0.1) is 0 Å². The highest BCUT2D eigenvalue weighted by Crippen LogP contribution is 2.36. The number of anilines is 1. The first-order chi connectivity index (χ1) is 11.9. The molecule has 0 fully saturated rings. The van der Waals surface area contributed by atoms with Crippen LogP contribution in [0.15, 0.2) is 52.9 Å². The lowest BCUT2D eigenvalue weighted by molar-refractivity contribution is -0.131. The minimum absolute atomic E-state index is 0.00285. The predicted molar refractivity (Wildman–Crippen MR) is 96.6 cm³/mol. The van der Waals surface area contributed by atoms with Crippen LogP contribution >= 0.6 is 23.2 Å². The van der Waals surface area contributed by atoms with Crippen LogP contribution < -0.4 is 9.64 Å². The van der Waals surface area contributed by atoms with E-state index in [0.717, 1.165) is 0 Å². The topological polar surface area (TPSA) is 63.7 Å². The van der Waals surface area contributed by atoms with E-state index < -0.39 is 22.7 Å². The average molecular weight is 396 g/mol. The van der Waals surface area contributed by atoms with Crippen molar-refractivity contribution in [1.82, 2.24) is 0 Å². The van der Waals surface area contributed by atoms with Crippen LogP contribution in [0.25, 0.3) is 0 Å². The molecule has 0 spiro atoms. The number of esters is 1. The molecule has 1 heterocycles. The second kappa shape index (κ2) is 7.00. The van der Waals surface area contributed by atoms with Crippen LogP contribution in [-0.2, 0) is 15.6 Å². The molecule has 0 saturated carbocycles. The molecule has 0 saturated heterocycles. The third-order valence-electron chi connectivity index (χ3n) is 3.38. The second-order valence-corrected chi connectivity index (χ2v) is 7.21. The van der Waals surface area contributed by atoms with Gasteiger partial charge in [0.15, 0.2) is 5.75 Å². The Labute approximate surface area is 156 Å². The van der Waals surface area contributed by atoms with Crippen molar-refractivity contribution in [2.75, 3.05) is 4.90 Å². The van der Waals surface area contributed by atoms with Crippen molar-refractivity contribution in [3.8, 4) is 5.75 Å². The number of benzene rings is 2. The number of hydrogen-bond donors (Lipinski definition) is 0. The first-order valence-corrected chi connectivity index (χ1v) is 9.04. The smallest absolute Gasteiger partial charge is 0.308 e. The quantitative estimate of drug-likeness (QED) is 0.565. The summed E-state index contributed by atoms with van der Waals surface area (Å²) in [6.45, 7) is 1.22. The number of carbonyl (C=O) groups excluding carboxylic acids is 2. The number of hydrogen-bond acceptors (Lipinski definition) is 4. The van der Waals surface area contributed by atoms with Gasteiger partial charge in [-0.05, 0) is 24.3 Å². The maximum Gasteiger partial charge on any atom is 0.308 e. The Morgan fingerprint density at radius 2 is 1.76 bits per heavy atom. The van der Waals surface area contributed by atoms with Crippen LogP contribution in [0.4, 0.5) is 5.69 Å². The van der Waals surface area contributed by atoms with E-state index >= 15 is 0 Å². The third kappa shape index (κ3) is 3.46. The zero-order valence-corrected chi connectivity index (χ0v) is 15.2. The summed E-state index contributed by atoms with van der Waals surface area (Å²) in [6, 6.07) is 9.63. The van der Waals surface area contributed by atoms with E-state index in [1.807, 2.05) is 0 Å². The first kappa shape index (κ1) is 17.7. The molecule has 0 aromatic heterocycles. The maximum atomic E-state index is 12.9. The number of amides is 1. The van der Waals surface area contributed by atoms with Crippen LogP contribution in [-0.4, -0.2) is 16.1 Å². The van der Waals surface area contributed by atoms with E-state index in [9.17, 15) is 13.8 Å². The van der Waals surface area contributed by atoms with Crippen molar-refractivity contribution in [2.24, 2.45) is 0 Å². The summed E-state index contributed by atoms with van der Waals surface area (Å²) in [5.74, 6) is -0.972. The molecule has 0 radical (unpaired) electrons. The average Bonchev–Trinajstić information content (AvgIpc) is 2.58. The largest absolute Gasteiger partial charge is 0.424 e. The molecule has 5 nitrogen and oxygen atoms in total. The van der Waals surface area contributed by atoms with E-state index in [4.69, 9.17) is 27.9 Å². The molecule has 0 bridgehead atoms. The Hall–Kier alpha value is -2.15. The highest BCUT2D eigenvalue weighted by Gasteiger charge is 2.25. The molecule has 2 aromatic carbocycles. The summed E-state index contributed by atoms with van der Waals surface area (Å²) >= 11 is 12.2. The predicted octanol–water partition coefficient (Wildman–Crippen LogP) is 4.16. The molecular weight excluding hydrogens is 385 g/mol. The molecule has 3 rings (SSSR count). The Morgan fingerprint density at radius 3 is 2.40 bits per heavy atom. The standard InChI is InChI=1S/C17H11Cl2NO4S/c1-10(21)24-16-12(18)8-11(9-13(16)19)17(22)20-6-7-25(23)15-5-3-2-4-14(15)20/h2-9H,1H3. The fourth-order valence-corrected chi connectivity index (χ4v) is 3.87. The zero-order chi connectivity index (χ0) is 18.1. The van der Waals surface area contributed by atoms with E-state index in [-0.39, 0.29) is 21.4 Å². The first-order valence-electron chi connectivity index (χ1n) is 7.07. The van der Waals surface area contributed by atoms with Crippen LogP contribution in [0.3, 0.4) is 0 Å². The molecule has 1 amide bonds. The van der Waals surface area contributed by atoms with Gasteiger partial charge in [-0.1, -0.05) is 35.3 Å². The summed E-state index contributed by atoms with van der Waals surface area (Å²) in [6.07, 6.45) is 1.45. The van der Waals surface area contributed by atoms with Gasteiger partial charge in [0.25, 0.3) is 5.91 Å².